The van der Waals surface area contributed by atoms with E-state index in [1.54, 1.807) is 4.90 Å². The molecular formula is C20H30N2O3. The molecule has 25 heavy (non-hydrogen) atoms. The van der Waals surface area contributed by atoms with Crippen LogP contribution in [0.1, 0.15) is 44.7 Å². The average Bonchev–Trinajstić information content (AvgIpc) is 3.46. The first-order valence-electron chi connectivity index (χ1n) is 9.51. The van der Waals surface area contributed by atoms with Gasteiger partial charge >= 0.3 is 6.09 Å². The Balaban J connectivity index is 1.60. The molecule has 1 saturated carbocycles. The molecule has 1 saturated heterocycles. The van der Waals surface area contributed by atoms with Crippen LogP contribution in [0.15, 0.2) is 30.3 Å². The molecule has 3 rings (SSSR count). The van der Waals surface area contributed by atoms with Crippen molar-refractivity contribution in [3.63, 3.8) is 0 Å². The minimum atomic E-state index is -0.225. The lowest BCUT2D eigenvalue weighted by atomic mass is 9.99. The Morgan fingerprint density at radius 3 is 2.72 bits per heavy atom. The molecule has 1 aromatic carbocycles. The zero-order valence-electron chi connectivity index (χ0n) is 15.3. The monoisotopic (exact) mass is 346 g/mol. The minimum Gasteiger partial charge on any atom is -0.450 e. The fourth-order valence-electron chi connectivity index (χ4n) is 3.36. The van der Waals surface area contributed by atoms with Gasteiger partial charge in [0.15, 0.2) is 0 Å². The summed E-state index contributed by atoms with van der Waals surface area (Å²) in [6, 6.07) is 11.0. The predicted octanol–water partition coefficient (Wildman–Crippen LogP) is 3.36. The van der Waals surface area contributed by atoms with Gasteiger partial charge in [-0.25, -0.2) is 4.79 Å². The first-order valence-corrected chi connectivity index (χ1v) is 9.51. The molecule has 5 heteroatoms. The minimum absolute atomic E-state index is 0.0184. The molecule has 1 N–H and O–H groups in total. The molecule has 5 nitrogen and oxygen atoms in total. The molecule has 0 radical (unpaired) electrons. The number of hydrogen-bond acceptors (Lipinski definition) is 4. The zero-order valence-corrected chi connectivity index (χ0v) is 15.3. The molecule has 1 heterocycles. The Bertz CT molecular complexity index is 547. The van der Waals surface area contributed by atoms with Crippen LogP contribution in [0.3, 0.4) is 0 Å². The van der Waals surface area contributed by atoms with E-state index < -0.39 is 0 Å². The van der Waals surface area contributed by atoms with E-state index in [1.165, 1.54) is 18.4 Å². The molecule has 0 bridgehead atoms. The lowest BCUT2D eigenvalue weighted by Gasteiger charge is -2.39. The lowest BCUT2D eigenvalue weighted by molar-refractivity contribution is -0.0273. The van der Waals surface area contributed by atoms with Crippen molar-refractivity contribution in [3.05, 3.63) is 35.9 Å². The van der Waals surface area contributed by atoms with Crippen LogP contribution in [0.25, 0.3) is 0 Å². The third kappa shape index (κ3) is 5.19. The maximum Gasteiger partial charge on any atom is 0.409 e. The Hall–Kier alpha value is -1.59. The summed E-state index contributed by atoms with van der Waals surface area (Å²) in [5.74, 6) is 0.713. The fourth-order valence-corrected chi connectivity index (χ4v) is 3.36. The van der Waals surface area contributed by atoms with Crippen LogP contribution in [-0.2, 0) is 9.47 Å². The highest BCUT2D eigenvalue weighted by molar-refractivity contribution is 5.67. The van der Waals surface area contributed by atoms with Crippen LogP contribution in [-0.4, -0.2) is 49.4 Å². The second-order valence-electron chi connectivity index (χ2n) is 7.15. The van der Waals surface area contributed by atoms with E-state index in [9.17, 15) is 4.79 Å². The zero-order chi connectivity index (χ0) is 17.6. The maximum atomic E-state index is 12.1. The number of nitrogens with one attached hydrogen (secondary N) is 1. The third-order valence-electron chi connectivity index (χ3n) is 5.09. The number of amides is 1. The van der Waals surface area contributed by atoms with Crippen molar-refractivity contribution in [3.8, 4) is 0 Å². The second-order valence-corrected chi connectivity index (χ2v) is 7.15. The molecule has 1 amide bonds. The largest absolute Gasteiger partial charge is 0.450 e. The fraction of sp³-hybridized carbons (Fsp3) is 0.650. The topological polar surface area (TPSA) is 50.8 Å². The summed E-state index contributed by atoms with van der Waals surface area (Å²) in [6.07, 6.45) is 3.22. The number of piperidine rings is 1. The molecule has 2 aliphatic rings. The van der Waals surface area contributed by atoms with Gasteiger partial charge in [-0.1, -0.05) is 30.3 Å². The normalized spacial score (nSPS) is 24.8. The van der Waals surface area contributed by atoms with Crippen molar-refractivity contribution < 1.29 is 14.3 Å². The smallest absolute Gasteiger partial charge is 0.409 e. The van der Waals surface area contributed by atoms with Crippen LogP contribution in [0.2, 0.25) is 0 Å². The van der Waals surface area contributed by atoms with Crippen LogP contribution in [0, 0.1) is 5.92 Å². The first-order chi connectivity index (χ1) is 12.2. The SMILES string of the molecule is CCOC(=O)N1CC[C@H](NC(C)c2ccccc2)[C@H](OCC2CC2)C1. The summed E-state index contributed by atoms with van der Waals surface area (Å²) < 4.78 is 11.4. The number of carbonyl (C=O) groups excluding carboxylic acids is 1. The van der Waals surface area contributed by atoms with Crippen LogP contribution < -0.4 is 5.32 Å². The molecule has 0 spiro atoms. The van der Waals surface area contributed by atoms with Gasteiger partial charge in [-0.2, -0.15) is 0 Å². The van der Waals surface area contributed by atoms with Gasteiger partial charge in [0.1, 0.15) is 0 Å². The van der Waals surface area contributed by atoms with Gasteiger partial charge in [0.25, 0.3) is 0 Å². The summed E-state index contributed by atoms with van der Waals surface area (Å²) in [5.41, 5.74) is 1.27. The Morgan fingerprint density at radius 1 is 1.28 bits per heavy atom. The summed E-state index contributed by atoms with van der Waals surface area (Å²) in [6.45, 7) is 6.56. The number of rotatable bonds is 7. The van der Waals surface area contributed by atoms with Crippen LogP contribution >= 0.6 is 0 Å². The van der Waals surface area contributed by atoms with Gasteiger partial charge in [-0.15, -0.1) is 0 Å². The quantitative estimate of drug-likeness (QED) is 0.822. The number of ether oxygens (including phenoxy) is 2. The Morgan fingerprint density at radius 2 is 2.04 bits per heavy atom. The first kappa shape index (κ1) is 18.2. The predicted molar refractivity (Wildman–Crippen MR) is 97.5 cm³/mol. The highest BCUT2D eigenvalue weighted by atomic mass is 16.6. The molecule has 138 valence electrons. The van der Waals surface area contributed by atoms with Crippen molar-refractivity contribution in [2.45, 2.75) is 51.3 Å². The van der Waals surface area contributed by atoms with Gasteiger partial charge in [-0.05, 0) is 44.6 Å². The van der Waals surface area contributed by atoms with Gasteiger partial charge in [0, 0.05) is 25.2 Å². The van der Waals surface area contributed by atoms with Crippen molar-refractivity contribution in [1.29, 1.82) is 0 Å². The second kappa shape index (κ2) is 8.68. The van der Waals surface area contributed by atoms with Gasteiger partial charge in [0.05, 0.1) is 19.3 Å². The molecular weight excluding hydrogens is 316 g/mol. The number of likely N-dealkylation sites (tertiary alicyclic amines) is 1. The maximum absolute atomic E-state index is 12.1. The van der Waals surface area contributed by atoms with Gasteiger partial charge in [0.2, 0.25) is 0 Å². The van der Waals surface area contributed by atoms with Gasteiger partial charge in [-0.3, -0.25) is 0 Å². The highest BCUT2D eigenvalue weighted by Gasteiger charge is 2.35. The molecule has 2 fully saturated rings. The van der Waals surface area contributed by atoms with Gasteiger partial charge < -0.3 is 19.7 Å². The molecule has 1 aromatic rings. The highest BCUT2D eigenvalue weighted by Crippen LogP contribution is 2.30. The number of benzene rings is 1. The molecule has 3 atom stereocenters. The van der Waals surface area contributed by atoms with Crippen LogP contribution in [0.5, 0.6) is 0 Å². The van der Waals surface area contributed by atoms with Crippen molar-refractivity contribution in [2.24, 2.45) is 5.92 Å². The molecule has 1 aliphatic carbocycles. The van der Waals surface area contributed by atoms with Crippen molar-refractivity contribution >= 4 is 6.09 Å². The van der Waals surface area contributed by atoms with E-state index in [2.05, 4.69) is 36.5 Å². The number of nitrogens with zero attached hydrogens (tertiary/aromatic N) is 1. The van der Waals surface area contributed by atoms with E-state index in [0.717, 1.165) is 13.0 Å². The standard InChI is InChI=1S/C20H30N2O3/c1-3-24-20(23)22-12-11-18(19(13-22)25-14-16-9-10-16)21-15(2)17-7-5-4-6-8-17/h4-8,15-16,18-19,21H,3,9-14H2,1-2H3/t15?,18-,19+/m0/s1. The summed E-state index contributed by atoms with van der Waals surface area (Å²) in [5, 5.41) is 3.72. The van der Waals surface area contributed by atoms with E-state index in [-0.39, 0.29) is 24.3 Å². The van der Waals surface area contributed by atoms with Crippen molar-refractivity contribution in [2.75, 3.05) is 26.3 Å². The van der Waals surface area contributed by atoms with E-state index >= 15 is 0 Å². The van der Waals surface area contributed by atoms with Crippen molar-refractivity contribution in [1.82, 2.24) is 10.2 Å². The summed E-state index contributed by atoms with van der Waals surface area (Å²) in [7, 11) is 0. The molecule has 0 aromatic heterocycles. The summed E-state index contributed by atoms with van der Waals surface area (Å²) in [4.78, 5) is 13.9. The molecule has 1 unspecified atom stereocenters. The Kier molecular flexibility index (Phi) is 6.32. The third-order valence-corrected chi connectivity index (χ3v) is 5.09. The van der Waals surface area contributed by atoms with E-state index in [4.69, 9.17) is 9.47 Å². The lowest BCUT2D eigenvalue weighted by Crippen LogP contribution is -2.55. The van der Waals surface area contributed by atoms with E-state index in [1.807, 2.05) is 13.0 Å². The van der Waals surface area contributed by atoms with Crippen LogP contribution in [0.4, 0.5) is 4.79 Å². The summed E-state index contributed by atoms with van der Waals surface area (Å²) >= 11 is 0. The average molecular weight is 346 g/mol. The molecule has 1 aliphatic heterocycles. The Labute approximate surface area is 150 Å². The number of carbonyl (C=O) groups is 1. The van der Waals surface area contributed by atoms with E-state index in [0.29, 0.717) is 25.6 Å². The number of hydrogen-bond donors (Lipinski definition) is 1.